The minimum absolute atomic E-state index is 0. The molecule has 0 aliphatic rings. The predicted molar refractivity (Wildman–Crippen MR) is 52.5 cm³/mol. The Balaban J connectivity index is 0.00000169. The Hall–Kier alpha value is -0.870. The first kappa shape index (κ1) is 13.1. The van der Waals surface area contributed by atoms with Gasteiger partial charge in [0, 0.05) is 11.6 Å². The smallest absolute Gasteiger partial charge is 0.200 e. The van der Waals surface area contributed by atoms with Crippen LogP contribution in [0.25, 0.3) is 0 Å². The Bertz CT molecular complexity index is 320. The summed E-state index contributed by atoms with van der Waals surface area (Å²) in [7, 11) is 0. The number of phenolic OH excluding ortho intramolecular Hbond substituents is 1. The van der Waals surface area contributed by atoms with Crippen molar-refractivity contribution in [1.82, 2.24) is 0 Å². The second-order valence-corrected chi connectivity index (χ2v) is 2.81. The average Bonchev–Trinajstić information content (AvgIpc) is 2.13. The molecule has 80 valence electrons. The van der Waals surface area contributed by atoms with Gasteiger partial charge >= 0.3 is 0 Å². The zero-order chi connectivity index (χ0) is 10.0. The minimum Gasteiger partial charge on any atom is -0.505 e. The maximum absolute atomic E-state index is 12.8. The normalized spacial score (nSPS) is 12.0. The number of rotatable bonds is 2. The van der Waals surface area contributed by atoms with Crippen LogP contribution in [0, 0.1) is 11.6 Å². The zero-order valence-corrected chi connectivity index (χ0v) is 8.44. The van der Waals surface area contributed by atoms with Crippen molar-refractivity contribution >= 4 is 12.4 Å². The van der Waals surface area contributed by atoms with Gasteiger partial charge in [0.05, 0.1) is 0 Å². The Morgan fingerprint density at radius 2 is 2.00 bits per heavy atom. The number of benzene rings is 1. The highest BCUT2D eigenvalue weighted by Crippen LogP contribution is 2.28. The molecule has 5 heteroatoms. The number of phenols is 1. The standard InChI is InChI=1S/C9H11F2NO.ClH/c1-2-7(12)5-3-4-6(10)8(11)9(5)13;/h3-4,7,13H,2,12H2,1H3;1H/t7-;/m1./s1. The van der Waals surface area contributed by atoms with Crippen molar-refractivity contribution in [2.75, 3.05) is 0 Å². The number of hydrogen-bond donors (Lipinski definition) is 2. The van der Waals surface area contributed by atoms with Gasteiger partial charge in [0.1, 0.15) is 0 Å². The lowest BCUT2D eigenvalue weighted by molar-refractivity contribution is 0.396. The van der Waals surface area contributed by atoms with E-state index in [4.69, 9.17) is 5.73 Å². The molecule has 0 fully saturated rings. The molecule has 0 heterocycles. The van der Waals surface area contributed by atoms with E-state index >= 15 is 0 Å². The van der Waals surface area contributed by atoms with Gasteiger partial charge in [0.2, 0.25) is 5.82 Å². The Labute approximate surface area is 87.1 Å². The van der Waals surface area contributed by atoms with Gasteiger partial charge in [-0.05, 0) is 12.5 Å². The molecule has 0 radical (unpaired) electrons. The quantitative estimate of drug-likeness (QED) is 0.809. The lowest BCUT2D eigenvalue weighted by Crippen LogP contribution is -2.09. The highest BCUT2D eigenvalue weighted by Gasteiger charge is 2.15. The molecule has 1 aromatic carbocycles. The third kappa shape index (κ3) is 2.33. The first-order valence-corrected chi connectivity index (χ1v) is 4.00. The van der Waals surface area contributed by atoms with Crippen molar-refractivity contribution in [3.05, 3.63) is 29.3 Å². The van der Waals surface area contributed by atoms with Gasteiger partial charge in [-0.2, -0.15) is 4.39 Å². The molecule has 0 amide bonds. The van der Waals surface area contributed by atoms with Crippen molar-refractivity contribution in [3.8, 4) is 5.75 Å². The van der Waals surface area contributed by atoms with Gasteiger partial charge in [0.25, 0.3) is 0 Å². The molecule has 2 nitrogen and oxygen atoms in total. The highest BCUT2D eigenvalue weighted by molar-refractivity contribution is 5.85. The third-order valence-electron chi connectivity index (χ3n) is 1.94. The second kappa shape index (κ2) is 5.12. The lowest BCUT2D eigenvalue weighted by Gasteiger charge is -2.11. The van der Waals surface area contributed by atoms with E-state index in [2.05, 4.69) is 0 Å². The summed E-state index contributed by atoms with van der Waals surface area (Å²) in [6, 6.07) is 1.79. The van der Waals surface area contributed by atoms with Crippen LogP contribution in [0.15, 0.2) is 12.1 Å². The third-order valence-corrected chi connectivity index (χ3v) is 1.94. The van der Waals surface area contributed by atoms with E-state index in [9.17, 15) is 13.9 Å². The summed E-state index contributed by atoms with van der Waals surface area (Å²) in [5, 5.41) is 9.18. The van der Waals surface area contributed by atoms with Crippen LogP contribution in [0.1, 0.15) is 24.9 Å². The summed E-state index contributed by atoms with van der Waals surface area (Å²) in [5.74, 6) is -2.99. The van der Waals surface area contributed by atoms with Crippen LogP contribution in [0.2, 0.25) is 0 Å². The summed E-state index contributed by atoms with van der Waals surface area (Å²) in [5.41, 5.74) is 5.80. The minimum atomic E-state index is -1.23. The van der Waals surface area contributed by atoms with Crippen molar-refractivity contribution < 1.29 is 13.9 Å². The van der Waals surface area contributed by atoms with Gasteiger partial charge in [-0.15, -0.1) is 12.4 Å². The summed E-state index contributed by atoms with van der Waals surface area (Å²) in [6.07, 6.45) is 0.554. The molecule has 0 spiro atoms. The Morgan fingerprint density at radius 1 is 1.43 bits per heavy atom. The molecule has 1 rings (SSSR count). The molecular formula is C9H12ClF2NO. The molecule has 0 aromatic heterocycles. The fraction of sp³-hybridized carbons (Fsp3) is 0.333. The summed E-state index contributed by atoms with van der Waals surface area (Å²) in [6.45, 7) is 1.80. The number of halogens is 3. The monoisotopic (exact) mass is 223 g/mol. The molecule has 1 atom stereocenters. The topological polar surface area (TPSA) is 46.2 Å². The zero-order valence-electron chi connectivity index (χ0n) is 7.63. The summed E-state index contributed by atoms with van der Waals surface area (Å²) < 4.78 is 25.4. The van der Waals surface area contributed by atoms with Gasteiger partial charge in [-0.25, -0.2) is 4.39 Å². The molecule has 0 aliphatic heterocycles. The van der Waals surface area contributed by atoms with E-state index in [-0.39, 0.29) is 18.0 Å². The van der Waals surface area contributed by atoms with Crippen molar-refractivity contribution in [2.24, 2.45) is 5.73 Å². The Kier molecular flexibility index (Phi) is 4.80. The maximum atomic E-state index is 12.8. The molecule has 3 N–H and O–H groups in total. The number of nitrogens with two attached hydrogens (primary N) is 1. The van der Waals surface area contributed by atoms with E-state index in [1.807, 2.05) is 0 Å². The van der Waals surface area contributed by atoms with E-state index in [1.54, 1.807) is 6.92 Å². The molecule has 0 unspecified atom stereocenters. The van der Waals surface area contributed by atoms with Crippen molar-refractivity contribution in [3.63, 3.8) is 0 Å². The van der Waals surface area contributed by atoms with Gasteiger partial charge in [-0.1, -0.05) is 13.0 Å². The highest BCUT2D eigenvalue weighted by atomic mass is 35.5. The van der Waals surface area contributed by atoms with Crippen molar-refractivity contribution in [1.29, 1.82) is 0 Å². The molecule has 0 aliphatic carbocycles. The average molecular weight is 224 g/mol. The first-order valence-electron chi connectivity index (χ1n) is 4.00. The maximum Gasteiger partial charge on any atom is 0.200 e. The summed E-state index contributed by atoms with van der Waals surface area (Å²) in [4.78, 5) is 0. The van der Waals surface area contributed by atoms with Crippen LogP contribution in [0.4, 0.5) is 8.78 Å². The van der Waals surface area contributed by atoms with Gasteiger partial charge in [-0.3, -0.25) is 0 Å². The van der Waals surface area contributed by atoms with Crippen LogP contribution in [-0.2, 0) is 0 Å². The van der Waals surface area contributed by atoms with Gasteiger partial charge < -0.3 is 10.8 Å². The van der Waals surface area contributed by atoms with E-state index in [0.717, 1.165) is 6.07 Å². The number of aromatic hydroxyl groups is 1. The van der Waals surface area contributed by atoms with E-state index in [0.29, 0.717) is 6.42 Å². The van der Waals surface area contributed by atoms with Crippen LogP contribution in [0.5, 0.6) is 5.75 Å². The molecule has 0 saturated carbocycles. The van der Waals surface area contributed by atoms with Gasteiger partial charge in [0.15, 0.2) is 11.6 Å². The molecular weight excluding hydrogens is 212 g/mol. The largest absolute Gasteiger partial charge is 0.505 e. The van der Waals surface area contributed by atoms with E-state index < -0.39 is 23.4 Å². The lowest BCUT2D eigenvalue weighted by atomic mass is 10.0. The first-order chi connectivity index (χ1) is 6.07. The molecule has 0 bridgehead atoms. The molecule has 0 saturated heterocycles. The predicted octanol–water partition coefficient (Wildman–Crippen LogP) is 2.50. The van der Waals surface area contributed by atoms with E-state index in [1.165, 1.54) is 6.07 Å². The molecule has 14 heavy (non-hydrogen) atoms. The van der Waals surface area contributed by atoms with Crippen LogP contribution < -0.4 is 5.73 Å². The SMILES string of the molecule is CC[C@@H](N)c1ccc(F)c(F)c1O.Cl. The van der Waals surface area contributed by atoms with Crippen LogP contribution in [0.3, 0.4) is 0 Å². The second-order valence-electron chi connectivity index (χ2n) is 2.81. The fourth-order valence-corrected chi connectivity index (χ4v) is 1.07. The van der Waals surface area contributed by atoms with Crippen LogP contribution >= 0.6 is 12.4 Å². The Morgan fingerprint density at radius 3 is 2.50 bits per heavy atom. The number of hydrogen-bond acceptors (Lipinski definition) is 2. The summed E-state index contributed by atoms with van der Waals surface area (Å²) >= 11 is 0. The van der Waals surface area contributed by atoms with Crippen LogP contribution in [-0.4, -0.2) is 5.11 Å². The molecule has 1 aromatic rings. The fourth-order valence-electron chi connectivity index (χ4n) is 1.07. The van der Waals surface area contributed by atoms with Crippen molar-refractivity contribution in [2.45, 2.75) is 19.4 Å².